The largest absolute Gasteiger partial charge is 0.494 e. The van der Waals surface area contributed by atoms with Crippen molar-refractivity contribution in [2.24, 2.45) is 0 Å². The Morgan fingerprint density at radius 2 is 1.62 bits per heavy atom. The third kappa shape index (κ3) is 7.33. The number of carbonyl (C=O) groups is 1. The van der Waals surface area contributed by atoms with Crippen LogP contribution in [-0.4, -0.2) is 60.6 Å². The van der Waals surface area contributed by atoms with Gasteiger partial charge in [0.2, 0.25) is 5.95 Å². The molecule has 3 aromatic rings. The number of nitrogens with one attached hydrogen (secondary N) is 1. The number of morpholine rings is 1. The summed E-state index contributed by atoms with van der Waals surface area (Å²) in [4.78, 5) is 21.7. The number of benzene rings is 2. The summed E-state index contributed by atoms with van der Waals surface area (Å²) in [6.45, 7) is 8.54. The fraction of sp³-hybridized carbons (Fsp3) is 0.393. The molecule has 1 aliphatic rings. The third-order valence-electron chi connectivity index (χ3n) is 6.40. The molecule has 4 rings (SSSR count). The minimum atomic E-state index is -1.02. The molecule has 9 heteroatoms. The molecule has 1 fully saturated rings. The molecule has 0 radical (unpaired) electrons. The van der Waals surface area contributed by atoms with Gasteiger partial charge in [0, 0.05) is 31.2 Å². The second-order valence-electron chi connectivity index (χ2n) is 9.34. The lowest BCUT2D eigenvalue weighted by Gasteiger charge is -2.27. The second-order valence-corrected chi connectivity index (χ2v) is 9.34. The van der Waals surface area contributed by atoms with Crippen LogP contribution in [0.3, 0.4) is 0 Å². The maximum atomic E-state index is 10.5. The molecule has 9 nitrogen and oxygen atoms in total. The van der Waals surface area contributed by atoms with E-state index in [9.17, 15) is 4.79 Å². The van der Waals surface area contributed by atoms with Crippen molar-refractivity contribution in [3.8, 4) is 11.5 Å². The van der Waals surface area contributed by atoms with Gasteiger partial charge in [0.1, 0.15) is 18.1 Å². The summed E-state index contributed by atoms with van der Waals surface area (Å²) in [6, 6.07) is 18.1. The van der Waals surface area contributed by atoms with Gasteiger partial charge in [-0.3, -0.25) is 0 Å². The van der Waals surface area contributed by atoms with E-state index in [0.29, 0.717) is 45.3 Å². The van der Waals surface area contributed by atoms with Crippen molar-refractivity contribution in [2.45, 2.75) is 32.3 Å². The molecule has 2 N–H and O–H groups in total. The van der Waals surface area contributed by atoms with E-state index in [1.54, 1.807) is 6.20 Å². The van der Waals surface area contributed by atoms with Gasteiger partial charge >= 0.3 is 6.09 Å². The molecule has 0 atom stereocenters. The van der Waals surface area contributed by atoms with Crippen LogP contribution in [-0.2, 0) is 16.8 Å². The van der Waals surface area contributed by atoms with Crippen LogP contribution >= 0.6 is 0 Å². The molecular weight excluding hydrogens is 472 g/mol. The predicted molar refractivity (Wildman–Crippen MR) is 141 cm³/mol. The summed E-state index contributed by atoms with van der Waals surface area (Å²) < 4.78 is 17.1. The summed E-state index contributed by atoms with van der Waals surface area (Å²) in [6.07, 6.45) is 1.37. The lowest BCUT2D eigenvalue weighted by Crippen LogP contribution is -2.37. The number of hydrogen-bond donors (Lipinski definition) is 2. The van der Waals surface area contributed by atoms with Crippen LogP contribution in [0.4, 0.5) is 10.7 Å². The highest BCUT2D eigenvalue weighted by Crippen LogP contribution is 2.33. The Hall–Kier alpha value is -3.85. The molecule has 0 aliphatic carbocycles. The number of aromatic nitrogens is 2. The summed E-state index contributed by atoms with van der Waals surface area (Å²) in [5.41, 5.74) is 2.96. The van der Waals surface area contributed by atoms with Crippen molar-refractivity contribution < 1.29 is 24.1 Å². The number of nitrogens with zero attached hydrogens (tertiary/aromatic N) is 3. The van der Waals surface area contributed by atoms with Gasteiger partial charge < -0.3 is 29.5 Å². The van der Waals surface area contributed by atoms with E-state index in [0.717, 1.165) is 35.8 Å². The first-order valence-corrected chi connectivity index (χ1v) is 12.5. The summed E-state index contributed by atoms with van der Waals surface area (Å²) >= 11 is 0. The maximum absolute atomic E-state index is 10.5. The number of ether oxygens (including phenoxy) is 3. The van der Waals surface area contributed by atoms with Gasteiger partial charge in [-0.05, 0) is 47.9 Å². The monoisotopic (exact) mass is 506 g/mol. The van der Waals surface area contributed by atoms with Gasteiger partial charge in [0.15, 0.2) is 0 Å². The number of carboxylic acid groups (broad SMARTS) is 1. The van der Waals surface area contributed by atoms with Crippen molar-refractivity contribution in [3.05, 3.63) is 77.6 Å². The number of rotatable bonds is 11. The quantitative estimate of drug-likeness (QED) is 0.372. The van der Waals surface area contributed by atoms with Gasteiger partial charge in [0.05, 0.1) is 25.5 Å². The second kappa shape index (κ2) is 12.4. The molecule has 1 aromatic heterocycles. The van der Waals surface area contributed by atoms with E-state index in [-0.39, 0.29) is 5.41 Å². The minimum absolute atomic E-state index is 0.206. The number of amides is 1. The lowest BCUT2D eigenvalue weighted by molar-refractivity contribution is 0.122. The van der Waals surface area contributed by atoms with Crippen LogP contribution in [0, 0.1) is 0 Å². The van der Waals surface area contributed by atoms with E-state index < -0.39 is 6.09 Å². The summed E-state index contributed by atoms with van der Waals surface area (Å²) in [7, 11) is 0. The van der Waals surface area contributed by atoms with E-state index in [1.807, 2.05) is 30.3 Å². The minimum Gasteiger partial charge on any atom is -0.494 e. The Labute approximate surface area is 217 Å². The van der Waals surface area contributed by atoms with Crippen LogP contribution in [0.25, 0.3) is 0 Å². The summed E-state index contributed by atoms with van der Waals surface area (Å²) in [5.74, 6) is 2.26. The predicted octanol–water partition coefficient (Wildman–Crippen LogP) is 4.25. The first-order valence-electron chi connectivity index (χ1n) is 12.5. The van der Waals surface area contributed by atoms with Crippen LogP contribution in [0.2, 0.25) is 0 Å². The number of anilines is 1. The van der Waals surface area contributed by atoms with E-state index in [1.165, 1.54) is 5.56 Å². The normalized spacial score (nSPS) is 13.7. The SMILES string of the molecule is CC(C)(c1ccc(OCCCNC(=O)O)cc1)c1ccc(OCc2ccnc(N3CCOCC3)n2)cc1. The Kier molecular flexibility index (Phi) is 8.79. The molecule has 2 aromatic carbocycles. The zero-order chi connectivity index (χ0) is 26.1. The fourth-order valence-corrected chi connectivity index (χ4v) is 4.10. The zero-order valence-electron chi connectivity index (χ0n) is 21.4. The molecule has 0 bridgehead atoms. The van der Waals surface area contributed by atoms with E-state index in [2.05, 4.69) is 58.3 Å². The smallest absolute Gasteiger partial charge is 0.404 e. The molecule has 37 heavy (non-hydrogen) atoms. The van der Waals surface area contributed by atoms with Gasteiger partial charge in [0.25, 0.3) is 0 Å². The Morgan fingerprint density at radius 3 is 2.24 bits per heavy atom. The maximum Gasteiger partial charge on any atom is 0.404 e. The highest BCUT2D eigenvalue weighted by atomic mass is 16.5. The standard InChI is InChI=1S/C28H34N4O5/c1-28(2,21-4-8-24(9-5-21)36-17-3-13-30-27(33)34)22-6-10-25(11-7-22)37-20-23-12-14-29-26(31-23)32-15-18-35-19-16-32/h4-12,14,30H,3,13,15-20H2,1-2H3,(H,33,34). The topological polar surface area (TPSA) is 106 Å². The molecule has 196 valence electrons. The van der Waals surface area contributed by atoms with Gasteiger partial charge in [-0.2, -0.15) is 0 Å². The van der Waals surface area contributed by atoms with Crippen molar-refractivity contribution in [3.63, 3.8) is 0 Å². The lowest BCUT2D eigenvalue weighted by atomic mass is 9.78. The van der Waals surface area contributed by atoms with Crippen LogP contribution in [0.15, 0.2) is 60.8 Å². The van der Waals surface area contributed by atoms with Crippen LogP contribution in [0.1, 0.15) is 37.1 Å². The fourth-order valence-electron chi connectivity index (χ4n) is 4.10. The molecule has 2 heterocycles. The molecule has 0 saturated carbocycles. The molecule has 1 saturated heterocycles. The highest BCUT2D eigenvalue weighted by molar-refractivity contribution is 5.64. The number of hydrogen-bond acceptors (Lipinski definition) is 7. The van der Waals surface area contributed by atoms with Crippen molar-refractivity contribution in [1.29, 1.82) is 0 Å². The summed E-state index contributed by atoms with van der Waals surface area (Å²) in [5, 5.41) is 10.9. The Morgan fingerprint density at radius 1 is 1.00 bits per heavy atom. The Bertz CT molecular complexity index is 1150. The molecular formula is C28H34N4O5. The van der Waals surface area contributed by atoms with E-state index in [4.69, 9.17) is 19.3 Å². The first kappa shape index (κ1) is 26.2. The van der Waals surface area contributed by atoms with Gasteiger partial charge in [-0.15, -0.1) is 0 Å². The van der Waals surface area contributed by atoms with Gasteiger partial charge in [-0.1, -0.05) is 38.1 Å². The first-order chi connectivity index (χ1) is 17.9. The zero-order valence-corrected chi connectivity index (χ0v) is 21.4. The molecule has 1 aliphatic heterocycles. The molecule has 1 amide bonds. The van der Waals surface area contributed by atoms with Crippen molar-refractivity contribution in [2.75, 3.05) is 44.4 Å². The van der Waals surface area contributed by atoms with Crippen LogP contribution in [0.5, 0.6) is 11.5 Å². The molecule has 0 spiro atoms. The highest BCUT2D eigenvalue weighted by Gasteiger charge is 2.23. The van der Waals surface area contributed by atoms with Crippen molar-refractivity contribution in [1.82, 2.24) is 15.3 Å². The van der Waals surface area contributed by atoms with E-state index >= 15 is 0 Å². The van der Waals surface area contributed by atoms with Gasteiger partial charge in [-0.25, -0.2) is 14.8 Å². The third-order valence-corrected chi connectivity index (χ3v) is 6.40. The Balaban J connectivity index is 1.31. The molecule has 0 unspecified atom stereocenters. The van der Waals surface area contributed by atoms with Crippen molar-refractivity contribution >= 4 is 12.0 Å². The van der Waals surface area contributed by atoms with Crippen LogP contribution < -0.4 is 19.7 Å². The average molecular weight is 507 g/mol. The average Bonchev–Trinajstić information content (AvgIpc) is 2.93.